The maximum Gasteiger partial charge on any atom is 0.232 e. The molecular weight excluding hydrogens is 358 g/mol. The molecule has 144 valence electrons. The highest BCUT2D eigenvalue weighted by atomic mass is 32.2. The Kier molecular flexibility index (Phi) is 6.05. The topological polar surface area (TPSA) is 76.3 Å². The minimum atomic E-state index is -0.256. The van der Waals surface area contributed by atoms with Gasteiger partial charge in [0.1, 0.15) is 0 Å². The van der Waals surface area contributed by atoms with Crippen LogP contribution in [0.2, 0.25) is 0 Å². The first-order valence-corrected chi connectivity index (χ1v) is 10.5. The third-order valence-electron chi connectivity index (χ3n) is 5.27. The number of amides is 2. The second-order valence-electron chi connectivity index (χ2n) is 7.52. The first-order valence-electron chi connectivity index (χ1n) is 9.47. The number of carbonyl (C=O) groups is 2. The van der Waals surface area contributed by atoms with Crippen molar-refractivity contribution in [1.29, 1.82) is 0 Å². The Morgan fingerprint density at radius 2 is 2.00 bits per heavy atom. The molecule has 2 N–H and O–H groups in total. The number of likely N-dealkylation sites (tertiary alicyclic amines) is 1. The normalized spacial score (nSPS) is 15.5. The third-order valence-corrected chi connectivity index (χ3v) is 6.17. The van der Waals surface area contributed by atoms with E-state index in [0.29, 0.717) is 37.6 Å². The Hall–Kier alpha value is -2.08. The van der Waals surface area contributed by atoms with Gasteiger partial charge in [0, 0.05) is 24.4 Å². The fraction of sp³-hybridized carbons (Fsp3) is 0.476. The summed E-state index contributed by atoms with van der Waals surface area (Å²) in [7, 11) is 0. The van der Waals surface area contributed by atoms with Gasteiger partial charge in [-0.25, -0.2) is 4.98 Å². The Morgan fingerprint density at radius 3 is 2.63 bits per heavy atom. The molecule has 0 saturated carbocycles. The van der Waals surface area contributed by atoms with E-state index in [1.165, 1.54) is 28.3 Å². The standard InChI is InChI=1S/C21H27N3O2S/c1-13(2)16-5-4-6-17-14(3)11-18(23-20(16)17)27-12-19(25)24-9-7-15(8-10-24)21(22)26/h4-6,11,13,15H,7-10,12H2,1-3H3,(H2,22,26). The number of fused-ring (bicyclic) bond motifs is 1. The van der Waals surface area contributed by atoms with Crippen LogP contribution in [0.25, 0.3) is 10.9 Å². The monoisotopic (exact) mass is 385 g/mol. The Bertz CT molecular complexity index is 858. The largest absolute Gasteiger partial charge is 0.369 e. The van der Waals surface area contributed by atoms with Crippen LogP contribution in [0.15, 0.2) is 29.3 Å². The number of para-hydroxylation sites is 1. The summed E-state index contributed by atoms with van der Waals surface area (Å²) in [5.41, 5.74) is 8.81. The smallest absolute Gasteiger partial charge is 0.232 e. The van der Waals surface area contributed by atoms with Gasteiger partial charge in [-0.1, -0.05) is 43.8 Å². The van der Waals surface area contributed by atoms with Crippen LogP contribution < -0.4 is 5.73 Å². The number of thioether (sulfide) groups is 1. The Labute approximate surface area is 164 Å². The van der Waals surface area contributed by atoms with Gasteiger partial charge in [0.15, 0.2) is 0 Å². The lowest BCUT2D eigenvalue weighted by atomic mass is 9.96. The molecule has 27 heavy (non-hydrogen) atoms. The predicted octanol–water partition coefficient (Wildman–Crippen LogP) is 3.48. The summed E-state index contributed by atoms with van der Waals surface area (Å²) in [6.45, 7) is 7.65. The Balaban J connectivity index is 1.69. The molecule has 2 amide bonds. The molecule has 6 heteroatoms. The molecular formula is C21H27N3O2S. The molecule has 2 heterocycles. The second kappa shape index (κ2) is 8.30. The molecule has 0 radical (unpaired) electrons. The van der Waals surface area contributed by atoms with Crippen LogP contribution in [0, 0.1) is 12.8 Å². The average Bonchev–Trinajstić information content (AvgIpc) is 2.65. The number of carbonyl (C=O) groups excluding carboxylic acids is 2. The lowest BCUT2D eigenvalue weighted by Gasteiger charge is -2.30. The number of hydrogen-bond acceptors (Lipinski definition) is 4. The number of hydrogen-bond donors (Lipinski definition) is 1. The highest BCUT2D eigenvalue weighted by molar-refractivity contribution is 7.99. The SMILES string of the molecule is Cc1cc(SCC(=O)N2CCC(C(N)=O)CC2)nc2c(C(C)C)cccc12. The summed E-state index contributed by atoms with van der Waals surface area (Å²) in [5.74, 6) is 0.506. The number of primary amides is 1. The second-order valence-corrected chi connectivity index (χ2v) is 8.52. The van der Waals surface area contributed by atoms with E-state index in [-0.39, 0.29) is 17.7 Å². The summed E-state index contributed by atoms with van der Waals surface area (Å²) in [6.07, 6.45) is 1.33. The molecule has 1 aliphatic rings. The number of piperidine rings is 1. The number of aryl methyl sites for hydroxylation is 1. The molecule has 0 atom stereocenters. The van der Waals surface area contributed by atoms with Crippen LogP contribution in [0.5, 0.6) is 0 Å². The zero-order valence-corrected chi connectivity index (χ0v) is 17.0. The first kappa shape index (κ1) is 19.7. The lowest BCUT2D eigenvalue weighted by molar-refractivity contribution is -0.132. The number of aromatic nitrogens is 1. The van der Waals surface area contributed by atoms with Gasteiger partial charge in [-0.3, -0.25) is 9.59 Å². The number of nitrogens with two attached hydrogens (primary N) is 1. The van der Waals surface area contributed by atoms with E-state index in [2.05, 4.69) is 45.0 Å². The van der Waals surface area contributed by atoms with Crippen molar-refractivity contribution >= 4 is 34.5 Å². The summed E-state index contributed by atoms with van der Waals surface area (Å²) in [6, 6.07) is 8.37. The average molecular weight is 386 g/mol. The van der Waals surface area contributed by atoms with Crippen molar-refractivity contribution in [2.24, 2.45) is 11.7 Å². The lowest BCUT2D eigenvalue weighted by Crippen LogP contribution is -2.42. The van der Waals surface area contributed by atoms with Crippen LogP contribution in [0.1, 0.15) is 43.7 Å². The molecule has 5 nitrogen and oxygen atoms in total. The zero-order valence-electron chi connectivity index (χ0n) is 16.2. The van der Waals surface area contributed by atoms with E-state index in [4.69, 9.17) is 10.7 Å². The molecule has 0 bridgehead atoms. The van der Waals surface area contributed by atoms with Crippen molar-refractivity contribution in [3.63, 3.8) is 0 Å². The van der Waals surface area contributed by atoms with Gasteiger partial charge < -0.3 is 10.6 Å². The molecule has 0 aliphatic carbocycles. The summed E-state index contributed by atoms with van der Waals surface area (Å²) >= 11 is 1.48. The van der Waals surface area contributed by atoms with Crippen molar-refractivity contribution in [2.75, 3.05) is 18.8 Å². The fourth-order valence-electron chi connectivity index (χ4n) is 3.59. The van der Waals surface area contributed by atoms with Crippen molar-refractivity contribution in [3.8, 4) is 0 Å². The van der Waals surface area contributed by atoms with E-state index in [1.807, 2.05) is 4.90 Å². The van der Waals surface area contributed by atoms with Crippen LogP contribution >= 0.6 is 11.8 Å². The number of rotatable bonds is 5. The van der Waals surface area contributed by atoms with Gasteiger partial charge in [-0.05, 0) is 42.9 Å². The minimum Gasteiger partial charge on any atom is -0.369 e. The van der Waals surface area contributed by atoms with Gasteiger partial charge in [0.25, 0.3) is 0 Å². The molecule has 1 fully saturated rings. The molecule has 3 rings (SSSR count). The minimum absolute atomic E-state index is 0.0963. The highest BCUT2D eigenvalue weighted by Crippen LogP contribution is 2.29. The van der Waals surface area contributed by atoms with Crippen molar-refractivity contribution in [2.45, 2.75) is 44.6 Å². The van der Waals surface area contributed by atoms with Crippen molar-refractivity contribution in [3.05, 3.63) is 35.4 Å². The third kappa shape index (κ3) is 4.43. The maximum atomic E-state index is 12.5. The van der Waals surface area contributed by atoms with Gasteiger partial charge in [-0.15, -0.1) is 0 Å². The molecule has 0 unspecified atom stereocenters. The fourth-order valence-corrected chi connectivity index (χ4v) is 4.46. The van der Waals surface area contributed by atoms with Gasteiger partial charge in [0.05, 0.1) is 16.3 Å². The molecule has 1 aliphatic heterocycles. The molecule has 1 aromatic carbocycles. The first-order chi connectivity index (χ1) is 12.9. The van der Waals surface area contributed by atoms with Crippen molar-refractivity contribution < 1.29 is 9.59 Å². The molecule has 2 aromatic rings. The zero-order chi connectivity index (χ0) is 19.6. The number of nitrogens with zero attached hydrogens (tertiary/aromatic N) is 2. The van der Waals surface area contributed by atoms with Crippen LogP contribution in [-0.4, -0.2) is 40.5 Å². The highest BCUT2D eigenvalue weighted by Gasteiger charge is 2.25. The number of benzene rings is 1. The quantitative estimate of drug-likeness (QED) is 0.800. The van der Waals surface area contributed by atoms with E-state index < -0.39 is 0 Å². The van der Waals surface area contributed by atoms with Crippen LogP contribution in [0.4, 0.5) is 0 Å². The summed E-state index contributed by atoms with van der Waals surface area (Å²) in [4.78, 5) is 30.5. The van der Waals surface area contributed by atoms with E-state index >= 15 is 0 Å². The Morgan fingerprint density at radius 1 is 1.30 bits per heavy atom. The van der Waals surface area contributed by atoms with Crippen LogP contribution in [-0.2, 0) is 9.59 Å². The predicted molar refractivity (Wildman–Crippen MR) is 110 cm³/mol. The van der Waals surface area contributed by atoms with Crippen LogP contribution in [0.3, 0.4) is 0 Å². The molecule has 1 saturated heterocycles. The van der Waals surface area contributed by atoms with Gasteiger partial charge >= 0.3 is 0 Å². The van der Waals surface area contributed by atoms with E-state index in [1.54, 1.807) is 0 Å². The van der Waals surface area contributed by atoms with Crippen molar-refractivity contribution in [1.82, 2.24) is 9.88 Å². The van der Waals surface area contributed by atoms with Gasteiger partial charge in [-0.2, -0.15) is 0 Å². The van der Waals surface area contributed by atoms with Gasteiger partial charge in [0.2, 0.25) is 11.8 Å². The molecule has 0 spiro atoms. The summed E-state index contributed by atoms with van der Waals surface area (Å²) < 4.78 is 0. The van der Waals surface area contributed by atoms with E-state index in [0.717, 1.165) is 10.5 Å². The molecule has 1 aromatic heterocycles. The number of pyridine rings is 1. The summed E-state index contributed by atoms with van der Waals surface area (Å²) in [5, 5.41) is 2.05. The maximum absolute atomic E-state index is 12.5. The van der Waals surface area contributed by atoms with E-state index in [9.17, 15) is 9.59 Å².